The first-order valence-electron chi connectivity index (χ1n) is 30.3. The molecule has 5 atom stereocenters. The van der Waals surface area contributed by atoms with Gasteiger partial charge in [-0.2, -0.15) is 0 Å². The lowest BCUT2D eigenvalue weighted by Crippen LogP contribution is -2.56. The van der Waals surface area contributed by atoms with Crippen LogP contribution in [0.25, 0.3) is 0 Å². The van der Waals surface area contributed by atoms with Gasteiger partial charge in [-0.1, -0.05) is 255 Å². The molecule has 442 valence electrons. The SMILES string of the molecule is C[C@H](CCCCCCCCCCCCCCCc1cccc(OCc2ccccc2)c1C(=O)OCc1ccccc1)OC(=O)[C@H](O)[C@@H](OCc1ccccc1)[C@H](OCc1ccccc1)[C@@H](COCc1ccccc1)O[Si](C)(C)C(C)(C)C. The van der Waals surface area contributed by atoms with Crippen molar-refractivity contribution in [3.63, 3.8) is 0 Å². The molecule has 0 bridgehead atoms. The second kappa shape index (κ2) is 35.9. The Morgan fingerprint density at radius 2 is 0.927 bits per heavy atom. The van der Waals surface area contributed by atoms with Crippen molar-refractivity contribution in [3.05, 3.63) is 209 Å². The van der Waals surface area contributed by atoms with E-state index >= 15 is 0 Å². The molecule has 0 aliphatic heterocycles. The maximum absolute atomic E-state index is 14.1. The van der Waals surface area contributed by atoms with E-state index in [0.29, 0.717) is 30.9 Å². The van der Waals surface area contributed by atoms with Crippen LogP contribution in [0, 0.1) is 0 Å². The largest absolute Gasteiger partial charge is 0.488 e. The van der Waals surface area contributed by atoms with Crippen LogP contribution in [-0.2, 0) is 72.4 Å². The van der Waals surface area contributed by atoms with Gasteiger partial charge < -0.3 is 38.0 Å². The lowest BCUT2D eigenvalue weighted by atomic mass is 9.99. The summed E-state index contributed by atoms with van der Waals surface area (Å²) in [6.45, 7) is 14.3. The Morgan fingerprint density at radius 3 is 1.41 bits per heavy atom. The topological polar surface area (TPSA) is 119 Å². The van der Waals surface area contributed by atoms with Gasteiger partial charge in [0.15, 0.2) is 14.4 Å². The fraction of sp³-hybridized carbons (Fsp3) is 0.465. The van der Waals surface area contributed by atoms with Gasteiger partial charge in [0.1, 0.15) is 36.7 Å². The zero-order valence-corrected chi connectivity index (χ0v) is 51.0. The molecule has 11 heteroatoms. The van der Waals surface area contributed by atoms with Gasteiger partial charge in [-0.3, -0.25) is 0 Å². The van der Waals surface area contributed by atoms with Crippen LogP contribution in [0.5, 0.6) is 5.75 Å². The fourth-order valence-corrected chi connectivity index (χ4v) is 11.1. The van der Waals surface area contributed by atoms with Crippen LogP contribution in [0.15, 0.2) is 170 Å². The molecule has 0 fully saturated rings. The number of hydrogen-bond acceptors (Lipinski definition) is 10. The first kappa shape index (κ1) is 65.2. The number of aliphatic hydroxyl groups excluding tert-OH is 1. The molecule has 0 aliphatic carbocycles. The zero-order chi connectivity index (χ0) is 58.3. The molecular formula is C71H94O10Si. The lowest BCUT2D eigenvalue weighted by molar-refractivity contribution is -0.193. The molecule has 6 aromatic carbocycles. The van der Waals surface area contributed by atoms with Gasteiger partial charge >= 0.3 is 11.9 Å². The Balaban J connectivity index is 0.922. The summed E-state index contributed by atoms with van der Waals surface area (Å²) in [5, 5.41) is 12.0. The molecule has 0 heterocycles. The van der Waals surface area contributed by atoms with E-state index in [-0.39, 0.29) is 37.4 Å². The highest BCUT2D eigenvalue weighted by Gasteiger charge is 2.46. The van der Waals surface area contributed by atoms with Crippen molar-refractivity contribution in [2.75, 3.05) is 6.61 Å². The maximum Gasteiger partial charge on any atom is 0.342 e. The van der Waals surface area contributed by atoms with E-state index in [9.17, 15) is 14.7 Å². The van der Waals surface area contributed by atoms with Gasteiger partial charge in [-0.15, -0.1) is 0 Å². The number of esters is 2. The molecule has 0 aromatic heterocycles. The van der Waals surface area contributed by atoms with Gasteiger partial charge in [-0.05, 0) is 90.2 Å². The molecule has 0 saturated heterocycles. The monoisotopic (exact) mass is 1130 g/mol. The number of rotatable bonds is 39. The standard InChI is InChI=1S/C71H94O10Si/c1-56(36-23-16-14-12-10-8-7-9-11-13-15-17-34-47-62-48-35-49-63(76-51-58-39-26-19-27-40-58)65(62)69(73)79-54-61-45-32-22-33-46-61)80-70(74)66(72)68(78-53-60-43-30-21-31-44-60)67(77-52-59-41-28-20-29-42-59)64(81-82(5,6)71(2,3)4)55-75-50-57-37-24-18-25-38-57/h18-22,24-33,35,37-46,48-49,56,64,66-68,72H,7-17,23,34,36,47,50-55H2,1-6H3/t56-,64-,66-,67-,68-/m1/s1. The fourth-order valence-electron chi connectivity index (χ4n) is 9.75. The van der Waals surface area contributed by atoms with E-state index in [1.54, 1.807) is 0 Å². The minimum atomic E-state index is -2.48. The summed E-state index contributed by atoms with van der Waals surface area (Å²) in [5.74, 6) is -0.526. The van der Waals surface area contributed by atoms with Crippen LogP contribution in [0.2, 0.25) is 18.1 Å². The summed E-state index contributed by atoms with van der Waals surface area (Å²) in [6.07, 6.45) is 11.7. The quantitative estimate of drug-likeness (QED) is 0.0227. The summed E-state index contributed by atoms with van der Waals surface area (Å²) in [6, 6.07) is 55.3. The summed E-state index contributed by atoms with van der Waals surface area (Å²) >= 11 is 0. The Labute approximate surface area is 492 Å². The predicted octanol–water partition coefficient (Wildman–Crippen LogP) is 16.7. The molecule has 6 aromatic rings. The number of carbonyl (C=O) groups is 2. The Morgan fingerprint density at radius 1 is 0.500 bits per heavy atom. The van der Waals surface area contributed by atoms with Crippen molar-refractivity contribution < 1.29 is 47.5 Å². The molecule has 1 N–H and O–H groups in total. The average molecular weight is 1140 g/mol. The highest BCUT2D eigenvalue weighted by atomic mass is 28.4. The van der Waals surface area contributed by atoms with E-state index in [0.717, 1.165) is 71.9 Å². The van der Waals surface area contributed by atoms with Crippen LogP contribution in [-0.4, -0.2) is 62.5 Å². The Hall–Kier alpha value is -5.92. The second-order valence-electron chi connectivity index (χ2n) is 23.4. The van der Waals surface area contributed by atoms with Crippen molar-refractivity contribution >= 4 is 20.3 Å². The van der Waals surface area contributed by atoms with Gasteiger partial charge in [0.05, 0.1) is 38.6 Å². The van der Waals surface area contributed by atoms with Gasteiger partial charge in [0.2, 0.25) is 0 Å². The highest BCUT2D eigenvalue weighted by Crippen LogP contribution is 2.39. The van der Waals surface area contributed by atoms with Gasteiger partial charge in [-0.25, -0.2) is 9.59 Å². The molecule has 0 unspecified atom stereocenters. The molecule has 0 saturated carbocycles. The van der Waals surface area contributed by atoms with Crippen LogP contribution in [0.1, 0.15) is 161 Å². The molecule has 0 spiro atoms. The van der Waals surface area contributed by atoms with Crippen LogP contribution >= 0.6 is 0 Å². The third-order valence-electron chi connectivity index (χ3n) is 15.6. The van der Waals surface area contributed by atoms with E-state index in [1.807, 2.05) is 177 Å². The Kier molecular flexibility index (Phi) is 28.6. The van der Waals surface area contributed by atoms with Crippen LogP contribution in [0.3, 0.4) is 0 Å². The van der Waals surface area contributed by atoms with Crippen molar-refractivity contribution in [2.45, 2.75) is 206 Å². The number of hydrogen-bond donors (Lipinski definition) is 1. The lowest BCUT2D eigenvalue weighted by Gasteiger charge is -2.43. The summed E-state index contributed by atoms with van der Waals surface area (Å²) in [5.41, 5.74) is 6.35. The van der Waals surface area contributed by atoms with Crippen LogP contribution < -0.4 is 4.74 Å². The number of aliphatic hydroxyl groups is 1. The first-order valence-corrected chi connectivity index (χ1v) is 33.2. The van der Waals surface area contributed by atoms with Crippen molar-refractivity contribution in [2.24, 2.45) is 0 Å². The number of benzene rings is 6. The molecule has 10 nitrogen and oxygen atoms in total. The summed E-state index contributed by atoms with van der Waals surface area (Å²) in [4.78, 5) is 27.7. The van der Waals surface area contributed by atoms with Crippen molar-refractivity contribution in [3.8, 4) is 5.75 Å². The molecular weight excluding hydrogens is 1040 g/mol. The minimum Gasteiger partial charge on any atom is -0.488 e. The molecule has 82 heavy (non-hydrogen) atoms. The van der Waals surface area contributed by atoms with E-state index in [1.165, 1.54) is 51.4 Å². The third kappa shape index (κ3) is 23.4. The second-order valence-corrected chi connectivity index (χ2v) is 28.1. The van der Waals surface area contributed by atoms with Crippen molar-refractivity contribution in [1.29, 1.82) is 0 Å². The minimum absolute atomic E-state index is 0.137. The molecule has 6 rings (SSSR count). The maximum atomic E-state index is 14.1. The first-order chi connectivity index (χ1) is 39.8. The molecule has 0 aliphatic rings. The number of carbonyl (C=O) groups excluding carboxylic acids is 2. The molecule has 0 radical (unpaired) electrons. The molecule has 0 amide bonds. The number of unbranched alkanes of at least 4 members (excludes halogenated alkanes) is 12. The van der Waals surface area contributed by atoms with Gasteiger partial charge in [0, 0.05) is 0 Å². The average Bonchev–Trinajstić information content (AvgIpc) is 3.48. The summed E-state index contributed by atoms with van der Waals surface area (Å²) < 4.78 is 45.0. The highest BCUT2D eigenvalue weighted by molar-refractivity contribution is 6.74. The predicted molar refractivity (Wildman–Crippen MR) is 331 cm³/mol. The third-order valence-corrected chi connectivity index (χ3v) is 20.1. The van der Waals surface area contributed by atoms with E-state index < -0.39 is 44.8 Å². The summed E-state index contributed by atoms with van der Waals surface area (Å²) in [7, 11) is -2.48. The van der Waals surface area contributed by atoms with E-state index in [2.05, 4.69) is 33.9 Å². The van der Waals surface area contributed by atoms with Crippen molar-refractivity contribution in [1.82, 2.24) is 0 Å². The smallest absolute Gasteiger partial charge is 0.342 e. The Bertz CT molecular complexity index is 2660. The van der Waals surface area contributed by atoms with Gasteiger partial charge in [0.25, 0.3) is 0 Å². The normalized spacial score (nSPS) is 13.6. The van der Waals surface area contributed by atoms with E-state index in [4.69, 9.17) is 32.8 Å². The number of aryl methyl sites for hydroxylation is 1. The zero-order valence-electron chi connectivity index (χ0n) is 50.0. The number of ether oxygens (including phenoxy) is 6. The van der Waals surface area contributed by atoms with Crippen LogP contribution in [0.4, 0.5) is 0 Å².